The Balaban J connectivity index is 1.35. The molecule has 5 saturated carbocycles. The van der Waals surface area contributed by atoms with E-state index in [9.17, 15) is 0 Å². The summed E-state index contributed by atoms with van der Waals surface area (Å²) in [6.07, 6.45) is 21.7. The van der Waals surface area contributed by atoms with E-state index in [-0.39, 0.29) is 5.41 Å². The monoisotopic (exact) mass is 675 g/mol. The first-order chi connectivity index (χ1) is 23.3. The van der Waals surface area contributed by atoms with E-state index < -0.39 is 0 Å². The van der Waals surface area contributed by atoms with Crippen molar-refractivity contribution in [1.29, 1.82) is 0 Å². The first-order valence-electron chi connectivity index (χ1n) is 20.9. The zero-order valence-corrected chi connectivity index (χ0v) is 31.9. The zero-order chi connectivity index (χ0) is 34.1. The van der Waals surface area contributed by atoms with Gasteiger partial charge in [-0.25, -0.2) is 0 Å². The molecule has 7 nitrogen and oxygen atoms in total. The molecule has 5 fully saturated rings. The predicted octanol–water partition coefficient (Wildman–Crippen LogP) is 7.00. The van der Waals surface area contributed by atoms with Gasteiger partial charge in [-0.3, -0.25) is 0 Å². The van der Waals surface area contributed by atoms with Crippen LogP contribution in [0.5, 0.6) is 0 Å². The maximum atomic E-state index is 7.14. The van der Waals surface area contributed by atoms with Gasteiger partial charge in [0.25, 0.3) is 0 Å². The van der Waals surface area contributed by atoms with Gasteiger partial charge in [0.05, 0.1) is 18.3 Å². The van der Waals surface area contributed by atoms with Crippen LogP contribution in [-0.4, -0.2) is 82.8 Å². The number of hydrogen-bond donors (Lipinski definition) is 3. The van der Waals surface area contributed by atoms with Crippen molar-refractivity contribution in [1.82, 2.24) is 4.90 Å². The van der Waals surface area contributed by atoms with Gasteiger partial charge in [-0.2, -0.15) is 0 Å². The fourth-order valence-electron chi connectivity index (χ4n) is 11.8. The number of hydrogen-bond acceptors (Lipinski definition) is 7. The Bertz CT molecular complexity index is 935. The molecule has 0 heterocycles. The van der Waals surface area contributed by atoms with E-state index in [4.69, 9.17) is 31.4 Å². The molecule has 0 saturated heterocycles. The molecule has 5 aliphatic rings. The van der Waals surface area contributed by atoms with Gasteiger partial charge in [-0.1, -0.05) is 20.8 Å². The lowest BCUT2D eigenvalue weighted by Gasteiger charge is -2.65. The quantitative estimate of drug-likeness (QED) is 0.106. The van der Waals surface area contributed by atoms with Crippen molar-refractivity contribution in [3.63, 3.8) is 0 Å². The van der Waals surface area contributed by atoms with Crippen LogP contribution in [0.25, 0.3) is 0 Å². The molecule has 0 bridgehead atoms. The number of nitrogens with zero attached hydrogens (tertiary/aromatic N) is 1. The van der Waals surface area contributed by atoms with Gasteiger partial charge in [0, 0.05) is 31.8 Å². The SMILES string of the molecule is C[C@H](CCCN(C)CC1CC1)C1CC[C@H]2C3[C@H](OCCCCN)CC4C[C@H](OCCCCN)CCC4(C)[C@H]3C[C@H](OCCCCN)C12C. The summed E-state index contributed by atoms with van der Waals surface area (Å²) in [6.45, 7) is 15.3. The highest BCUT2D eigenvalue weighted by atomic mass is 16.5. The molecule has 0 radical (unpaired) electrons. The average molecular weight is 675 g/mol. The zero-order valence-electron chi connectivity index (χ0n) is 31.9. The molecule has 280 valence electrons. The van der Waals surface area contributed by atoms with E-state index in [1.165, 1.54) is 83.7 Å². The van der Waals surface area contributed by atoms with Crippen LogP contribution in [0.4, 0.5) is 0 Å². The van der Waals surface area contributed by atoms with Crippen LogP contribution in [0.15, 0.2) is 0 Å². The number of ether oxygens (including phenoxy) is 3. The second-order valence-corrected chi connectivity index (χ2v) is 17.9. The molecule has 7 heteroatoms. The van der Waals surface area contributed by atoms with Crippen molar-refractivity contribution < 1.29 is 14.2 Å². The van der Waals surface area contributed by atoms with E-state index in [1.807, 2.05) is 0 Å². The first kappa shape index (κ1) is 38.9. The van der Waals surface area contributed by atoms with Crippen LogP contribution in [-0.2, 0) is 14.2 Å². The Kier molecular flexibility index (Phi) is 15.0. The molecule has 48 heavy (non-hydrogen) atoms. The number of rotatable bonds is 22. The maximum absolute atomic E-state index is 7.14. The number of nitrogens with two attached hydrogens (primary N) is 3. The molecule has 0 amide bonds. The summed E-state index contributed by atoms with van der Waals surface area (Å²) >= 11 is 0. The lowest BCUT2D eigenvalue weighted by molar-refractivity contribution is -0.227. The number of unbranched alkanes of at least 4 members (excludes halogenated alkanes) is 3. The molecular weight excluding hydrogens is 596 g/mol. The lowest BCUT2D eigenvalue weighted by Crippen LogP contribution is -2.63. The van der Waals surface area contributed by atoms with Gasteiger partial charge in [0.1, 0.15) is 0 Å². The second kappa shape index (κ2) is 18.5. The molecule has 11 atom stereocenters. The Labute approximate surface area is 295 Å². The van der Waals surface area contributed by atoms with Crippen molar-refractivity contribution in [2.24, 2.45) is 69.5 Å². The summed E-state index contributed by atoms with van der Waals surface area (Å²) in [5.41, 5.74) is 18.1. The summed E-state index contributed by atoms with van der Waals surface area (Å²) in [5, 5.41) is 0. The summed E-state index contributed by atoms with van der Waals surface area (Å²) in [4.78, 5) is 2.60. The highest BCUT2D eigenvalue weighted by Gasteiger charge is 2.66. The van der Waals surface area contributed by atoms with Gasteiger partial charge in [0.2, 0.25) is 0 Å². The van der Waals surface area contributed by atoms with Gasteiger partial charge in [-0.05, 0) is 189 Å². The summed E-state index contributed by atoms with van der Waals surface area (Å²) in [5.74, 6) is 5.02. The molecule has 6 N–H and O–H groups in total. The Morgan fingerprint density at radius 1 is 0.729 bits per heavy atom. The van der Waals surface area contributed by atoms with Crippen LogP contribution in [0.2, 0.25) is 0 Å². The first-order valence-corrected chi connectivity index (χ1v) is 20.9. The third kappa shape index (κ3) is 9.19. The molecule has 0 aliphatic heterocycles. The minimum Gasteiger partial charge on any atom is -0.378 e. The molecule has 0 aromatic rings. The van der Waals surface area contributed by atoms with Crippen LogP contribution < -0.4 is 17.2 Å². The second-order valence-electron chi connectivity index (χ2n) is 17.9. The van der Waals surface area contributed by atoms with Gasteiger partial charge in [-0.15, -0.1) is 0 Å². The molecule has 0 spiro atoms. The van der Waals surface area contributed by atoms with Crippen molar-refractivity contribution >= 4 is 0 Å². The molecule has 0 aromatic heterocycles. The summed E-state index contributed by atoms with van der Waals surface area (Å²) in [6, 6.07) is 0. The Morgan fingerprint density at radius 3 is 2.06 bits per heavy atom. The van der Waals surface area contributed by atoms with Gasteiger partial charge in [0.15, 0.2) is 0 Å². The lowest BCUT2D eigenvalue weighted by atomic mass is 9.43. The Morgan fingerprint density at radius 2 is 1.40 bits per heavy atom. The smallest absolute Gasteiger partial charge is 0.0637 e. The van der Waals surface area contributed by atoms with E-state index in [0.29, 0.717) is 47.4 Å². The topological polar surface area (TPSA) is 109 Å². The maximum Gasteiger partial charge on any atom is 0.0637 e. The summed E-state index contributed by atoms with van der Waals surface area (Å²) in [7, 11) is 2.34. The van der Waals surface area contributed by atoms with Crippen molar-refractivity contribution in [2.75, 3.05) is 59.6 Å². The largest absolute Gasteiger partial charge is 0.378 e. The van der Waals surface area contributed by atoms with E-state index in [0.717, 1.165) is 95.7 Å². The van der Waals surface area contributed by atoms with Gasteiger partial charge < -0.3 is 36.3 Å². The van der Waals surface area contributed by atoms with Gasteiger partial charge >= 0.3 is 0 Å². The molecule has 5 rings (SSSR count). The van der Waals surface area contributed by atoms with Crippen LogP contribution in [0, 0.1) is 52.3 Å². The fourth-order valence-corrected chi connectivity index (χ4v) is 11.8. The van der Waals surface area contributed by atoms with Crippen LogP contribution >= 0.6 is 0 Å². The van der Waals surface area contributed by atoms with Crippen molar-refractivity contribution in [3.8, 4) is 0 Å². The highest BCUT2D eigenvalue weighted by molar-refractivity contribution is 5.15. The molecule has 5 unspecified atom stereocenters. The standard InChI is InChI=1S/C41H78N4O3/c1-30(12-11-22-45(4)29-31-13-14-31)34-15-16-35-39-36(28-38(41(34,35)3)48-25-10-7-21-44)40(2)18-17-33(46-23-8-5-19-42)26-32(40)27-37(39)47-24-9-6-20-43/h30-39H,5-29,42-44H2,1-4H3/t30-,32?,33-,34?,35+,36+,37-,38+,39?,40?,41?/m1/s1. The minimum absolute atomic E-state index is 0.203. The van der Waals surface area contributed by atoms with Crippen molar-refractivity contribution in [2.45, 2.75) is 148 Å². The van der Waals surface area contributed by atoms with Crippen molar-refractivity contribution in [3.05, 3.63) is 0 Å². The van der Waals surface area contributed by atoms with Crippen LogP contribution in [0.1, 0.15) is 130 Å². The van der Waals surface area contributed by atoms with E-state index >= 15 is 0 Å². The molecule has 5 aliphatic carbocycles. The number of fused-ring (bicyclic) bond motifs is 5. The molecular formula is C41H78N4O3. The minimum atomic E-state index is 0.203. The van der Waals surface area contributed by atoms with E-state index in [2.05, 4.69) is 32.7 Å². The Hall–Kier alpha value is -0.280. The normalized spacial score (nSPS) is 38.5. The third-order valence-electron chi connectivity index (χ3n) is 14.7. The highest BCUT2D eigenvalue weighted by Crippen LogP contribution is 2.69. The molecule has 0 aromatic carbocycles. The average Bonchev–Trinajstić information content (AvgIpc) is 3.81. The van der Waals surface area contributed by atoms with E-state index in [1.54, 1.807) is 0 Å². The van der Waals surface area contributed by atoms with Crippen LogP contribution in [0.3, 0.4) is 0 Å². The third-order valence-corrected chi connectivity index (χ3v) is 14.7. The fraction of sp³-hybridized carbons (Fsp3) is 1.00. The predicted molar refractivity (Wildman–Crippen MR) is 199 cm³/mol. The summed E-state index contributed by atoms with van der Waals surface area (Å²) < 4.78 is 20.7.